The van der Waals surface area contributed by atoms with Crippen LogP contribution in [-0.2, 0) is 14.3 Å². The van der Waals surface area contributed by atoms with Crippen molar-refractivity contribution in [2.75, 3.05) is 13.2 Å². The van der Waals surface area contributed by atoms with Crippen LogP contribution in [0.2, 0.25) is 0 Å². The number of esters is 1. The number of carbonyl (C=O) groups excluding carboxylic acids is 2. The van der Waals surface area contributed by atoms with E-state index in [4.69, 9.17) is 0 Å². The molecule has 0 bridgehead atoms. The lowest BCUT2D eigenvalue weighted by atomic mass is 9.78. The Morgan fingerprint density at radius 2 is 1.90 bits per heavy atom. The molecule has 0 heterocycles. The van der Waals surface area contributed by atoms with Gasteiger partial charge in [-0.2, -0.15) is 13.2 Å². The molecule has 0 aromatic heterocycles. The van der Waals surface area contributed by atoms with E-state index < -0.39 is 29.9 Å². The van der Waals surface area contributed by atoms with Crippen LogP contribution in [0.15, 0.2) is 0 Å². The van der Waals surface area contributed by atoms with Crippen LogP contribution in [0.25, 0.3) is 0 Å². The minimum atomic E-state index is -4.34. The van der Waals surface area contributed by atoms with Crippen molar-refractivity contribution in [3.8, 4) is 0 Å². The average Bonchev–Trinajstić information content (AvgIpc) is 2.38. The molecule has 4 nitrogen and oxygen atoms in total. The van der Waals surface area contributed by atoms with Gasteiger partial charge in [-0.25, -0.2) is 0 Å². The van der Waals surface area contributed by atoms with Gasteiger partial charge in [0.15, 0.2) is 0 Å². The van der Waals surface area contributed by atoms with Crippen molar-refractivity contribution in [3.05, 3.63) is 0 Å². The summed E-state index contributed by atoms with van der Waals surface area (Å²) < 4.78 is 43.2. The maximum absolute atomic E-state index is 12.8. The summed E-state index contributed by atoms with van der Waals surface area (Å²) >= 11 is 0. The third-order valence-corrected chi connectivity index (χ3v) is 3.46. The van der Waals surface area contributed by atoms with E-state index in [2.05, 4.69) is 10.1 Å². The quantitative estimate of drug-likeness (QED) is 0.793. The van der Waals surface area contributed by atoms with Crippen LogP contribution >= 0.6 is 0 Å². The summed E-state index contributed by atoms with van der Waals surface area (Å²) in [5.41, 5.74) is 0. The highest BCUT2D eigenvalue weighted by Gasteiger charge is 2.47. The normalized spacial score (nSPS) is 23.2. The number of hydrogen-bond acceptors (Lipinski definition) is 3. The molecular weight excluding hydrogens is 275 g/mol. The molecule has 20 heavy (non-hydrogen) atoms. The molecule has 2 atom stereocenters. The molecule has 0 aromatic carbocycles. The van der Waals surface area contributed by atoms with Crippen LogP contribution in [0.3, 0.4) is 0 Å². The lowest BCUT2D eigenvalue weighted by Gasteiger charge is -2.31. The first kappa shape index (κ1) is 16.8. The molecule has 0 spiro atoms. The van der Waals surface area contributed by atoms with Gasteiger partial charge in [0.05, 0.1) is 18.9 Å². The molecular formula is C13H20F3NO3. The molecule has 0 aromatic rings. The van der Waals surface area contributed by atoms with E-state index in [0.717, 1.165) is 0 Å². The molecule has 1 aliphatic carbocycles. The second-order valence-corrected chi connectivity index (χ2v) is 4.89. The molecule has 116 valence electrons. The molecule has 1 saturated carbocycles. The highest BCUT2D eigenvalue weighted by Crippen LogP contribution is 2.41. The van der Waals surface area contributed by atoms with Crippen LogP contribution in [0.4, 0.5) is 13.2 Å². The zero-order valence-corrected chi connectivity index (χ0v) is 11.5. The predicted molar refractivity (Wildman–Crippen MR) is 65.8 cm³/mol. The molecule has 2 unspecified atom stereocenters. The van der Waals surface area contributed by atoms with Crippen LogP contribution < -0.4 is 5.32 Å². The summed E-state index contributed by atoms with van der Waals surface area (Å²) in [6.45, 7) is 1.91. The Morgan fingerprint density at radius 3 is 2.50 bits per heavy atom. The summed E-state index contributed by atoms with van der Waals surface area (Å²) in [5, 5.41) is 2.40. The maximum atomic E-state index is 12.8. The topological polar surface area (TPSA) is 55.4 Å². The van der Waals surface area contributed by atoms with E-state index in [9.17, 15) is 22.8 Å². The summed E-state index contributed by atoms with van der Waals surface area (Å²) in [6.07, 6.45) is -3.00. The number of alkyl halides is 3. The molecule has 1 fully saturated rings. The van der Waals surface area contributed by atoms with Gasteiger partial charge >= 0.3 is 12.1 Å². The number of hydrogen-bond donors (Lipinski definition) is 1. The predicted octanol–water partition coefficient (Wildman–Crippen LogP) is 2.42. The molecule has 0 saturated heterocycles. The molecule has 1 aliphatic rings. The summed E-state index contributed by atoms with van der Waals surface area (Å²) in [7, 11) is 0. The third-order valence-electron chi connectivity index (χ3n) is 3.46. The molecule has 1 amide bonds. The first-order chi connectivity index (χ1) is 9.36. The Morgan fingerprint density at radius 1 is 1.25 bits per heavy atom. The van der Waals surface area contributed by atoms with Crippen molar-refractivity contribution < 1.29 is 27.5 Å². The fourth-order valence-corrected chi connectivity index (χ4v) is 2.49. The smallest absolute Gasteiger partial charge is 0.392 e. The Hall–Kier alpha value is -1.27. The van der Waals surface area contributed by atoms with Crippen LogP contribution in [0.5, 0.6) is 0 Å². The fraction of sp³-hybridized carbons (Fsp3) is 0.846. The monoisotopic (exact) mass is 295 g/mol. The van der Waals surface area contributed by atoms with Crippen molar-refractivity contribution in [1.29, 1.82) is 0 Å². The Kier molecular flexibility index (Phi) is 6.29. The molecule has 7 heteroatoms. The van der Waals surface area contributed by atoms with Gasteiger partial charge in [0.1, 0.15) is 0 Å². The number of nitrogens with one attached hydrogen (secondary N) is 1. The number of amides is 1. The number of carbonyl (C=O) groups is 2. The fourth-order valence-electron chi connectivity index (χ4n) is 2.49. The molecule has 0 aliphatic heterocycles. The number of rotatable bonds is 5. The lowest BCUT2D eigenvalue weighted by Crippen LogP contribution is -2.43. The first-order valence-electron chi connectivity index (χ1n) is 6.86. The largest absolute Gasteiger partial charge is 0.466 e. The zero-order valence-electron chi connectivity index (χ0n) is 11.5. The Balaban J connectivity index is 2.46. The van der Waals surface area contributed by atoms with E-state index >= 15 is 0 Å². The van der Waals surface area contributed by atoms with Crippen molar-refractivity contribution >= 4 is 11.9 Å². The summed E-state index contributed by atoms with van der Waals surface area (Å²) in [5.74, 6) is -3.69. The number of halogens is 3. The zero-order chi connectivity index (χ0) is 15.2. The van der Waals surface area contributed by atoms with Crippen LogP contribution in [-0.4, -0.2) is 31.2 Å². The van der Waals surface area contributed by atoms with Gasteiger partial charge in [-0.3, -0.25) is 9.59 Å². The lowest BCUT2D eigenvalue weighted by molar-refractivity contribution is -0.198. The number of ether oxygens (including phenoxy) is 1. The van der Waals surface area contributed by atoms with Crippen LogP contribution in [0, 0.1) is 11.8 Å². The van der Waals surface area contributed by atoms with E-state index in [-0.39, 0.29) is 32.4 Å². The maximum Gasteiger partial charge on any atom is 0.392 e. The Bertz CT molecular complexity index is 344. The van der Waals surface area contributed by atoms with Crippen molar-refractivity contribution in [1.82, 2.24) is 5.32 Å². The van der Waals surface area contributed by atoms with Gasteiger partial charge in [-0.15, -0.1) is 0 Å². The van der Waals surface area contributed by atoms with Crippen molar-refractivity contribution in [2.45, 2.75) is 45.2 Å². The molecule has 1 rings (SSSR count). The van der Waals surface area contributed by atoms with Gasteiger partial charge in [0, 0.05) is 12.5 Å². The van der Waals surface area contributed by atoms with Crippen molar-refractivity contribution in [3.63, 3.8) is 0 Å². The van der Waals surface area contributed by atoms with E-state index in [1.807, 2.05) is 0 Å². The van der Waals surface area contributed by atoms with Crippen LogP contribution in [0.1, 0.15) is 39.0 Å². The summed E-state index contributed by atoms with van der Waals surface area (Å²) in [6, 6.07) is 0. The molecule has 0 radical (unpaired) electrons. The average molecular weight is 295 g/mol. The third kappa shape index (κ3) is 5.02. The SMILES string of the molecule is CCOC(=O)CCNC(=O)C1CCCCC1C(F)(F)F. The standard InChI is InChI=1S/C13H20F3NO3/c1-2-20-11(18)7-8-17-12(19)9-5-3-4-6-10(9)13(14,15)16/h9-10H,2-8H2,1H3,(H,17,19). The van der Waals surface area contributed by atoms with E-state index in [0.29, 0.717) is 12.8 Å². The molecule has 1 N–H and O–H groups in total. The second-order valence-electron chi connectivity index (χ2n) is 4.89. The second kappa shape index (κ2) is 7.50. The summed E-state index contributed by atoms with van der Waals surface area (Å²) in [4.78, 5) is 22.9. The van der Waals surface area contributed by atoms with Crippen molar-refractivity contribution in [2.24, 2.45) is 11.8 Å². The minimum Gasteiger partial charge on any atom is -0.466 e. The van der Waals surface area contributed by atoms with Gasteiger partial charge < -0.3 is 10.1 Å². The van der Waals surface area contributed by atoms with E-state index in [1.165, 1.54) is 0 Å². The minimum absolute atomic E-state index is 0.000533. The Labute approximate surface area is 116 Å². The highest BCUT2D eigenvalue weighted by atomic mass is 19.4. The highest BCUT2D eigenvalue weighted by molar-refractivity contribution is 5.79. The van der Waals surface area contributed by atoms with Gasteiger partial charge in [-0.1, -0.05) is 12.8 Å². The van der Waals surface area contributed by atoms with Gasteiger partial charge in [-0.05, 0) is 19.8 Å². The first-order valence-corrected chi connectivity index (χ1v) is 6.86. The van der Waals surface area contributed by atoms with E-state index in [1.54, 1.807) is 6.92 Å². The van der Waals surface area contributed by atoms with Gasteiger partial charge in [0.25, 0.3) is 0 Å². The van der Waals surface area contributed by atoms with Gasteiger partial charge in [0.2, 0.25) is 5.91 Å².